The van der Waals surface area contributed by atoms with E-state index >= 15 is 0 Å². The number of hydrogen-bond donors (Lipinski definition) is 1. The maximum absolute atomic E-state index is 12.9. The molecule has 3 rings (SSSR count). The van der Waals surface area contributed by atoms with E-state index in [0.29, 0.717) is 47.6 Å². The summed E-state index contributed by atoms with van der Waals surface area (Å²) in [6.07, 6.45) is 0. The molecule has 1 heterocycles. The predicted molar refractivity (Wildman–Crippen MR) is 103 cm³/mol. The fraction of sp³-hybridized carbons (Fsp3) is 0.278. The standard InChI is InChI=1S/C18H19BrN2O4S/c1-13-6-7-14(20-18(22)15-4-2-3-5-16(15)19)12-17(13)26(23,24)21-8-10-25-11-9-21/h2-7,12H,8-11H2,1H3,(H,20,22). The molecule has 1 saturated heterocycles. The third-order valence-electron chi connectivity index (χ3n) is 4.15. The monoisotopic (exact) mass is 438 g/mol. The highest BCUT2D eigenvalue weighted by atomic mass is 79.9. The van der Waals surface area contributed by atoms with Gasteiger partial charge in [0, 0.05) is 23.2 Å². The van der Waals surface area contributed by atoms with Crippen molar-refractivity contribution in [3.8, 4) is 0 Å². The fourth-order valence-electron chi connectivity index (χ4n) is 2.73. The Hall–Kier alpha value is -1.74. The van der Waals surface area contributed by atoms with Crippen molar-refractivity contribution in [3.05, 3.63) is 58.1 Å². The Morgan fingerprint density at radius 1 is 1.15 bits per heavy atom. The number of ether oxygens (including phenoxy) is 1. The zero-order valence-corrected chi connectivity index (χ0v) is 16.6. The lowest BCUT2D eigenvalue weighted by molar-refractivity contribution is 0.0730. The molecule has 0 unspecified atom stereocenters. The van der Waals surface area contributed by atoms with Gasteiger partial charge in [0.25, 0.3) is 5.91 Å². The van der Waals surface area contributed by atoms with Crippen LogP contribution in [0, 0.1) is 6.92 Å². The maximum atomic E-state index is 12.9. The van der Waals surface area contributed by atoms with Crippen LogP contribution in [0.1, 0.15) is 15.9 Å². The van der Waals surface area contributed by atoms with Gasteiger partial charge in [-0.25, -0.2) is 8.42 Å². The summed E-state index contributed by atoms with van der Waals surface area (Å²) in [5.41, 5.74) is 1.55. The highest BCUT2D eigenvalue weighted by Gasteiger charge is 2.28. The summed E-state index contributed by atoms with van der Waals surface area (Å²) in [5.74, 6) is -0.309. The number of halogens is 1. The molecule has 0 atom stereocenters. The average molecular weight is 439 g/mol. The first-order valence-corrected chi connectivity index (χ1v) is 10.4. The average Bonchev–Trinajstić information content (AvgIpc) is 2.64. The van der Waals surface area contributed by atoms with E-state index in [4.69, 9.17) is 4.74 Å². The van der Waals surface area contributed by atoms with E-state index in [9.17, 15) is 13.2 Å². The van der Waals surface area contributed by atoms with Gasteiger partial charge >= 0.3 is 0 Å². The normalized spacial score (nSPS) is 15.6. The highest BCUT2D eigenvalue weighted by molar-refractivity contribution is 9.10. The lowest BCUT2D eigenvalue weighted by Crippen LogP contribution is -2.40. The number of morpholine rings is 1. The molecule has 0 spiro atoms. The number of carbonyl (C=O) groups is 1. The van der Waals surface area contributed by atoms with Gasteiger partial charge in [-0.3, -0.25) is 4.79 Å². The molecule has 1 aliphatic rings. The molecule has 6 nitrogen and oxygen atoms in total. The maximum Gasteiger partial charge on any atom is 0.256 e. The second-order valence-corrected chi connectivity index (χ2v) is 8.69. The van der Waals surface area contributed by atoms with Gasteiger partial charge in [0.05, 0.1) is 23.7 Å². The highest BCUT2D eigenvalue weighted by Crippen LogP contribution is 2.25. The summed E-state index contributed by atoms with van der Waals surface area (Å²) >= 11 is 3.34. The van der Waals surface area contributed by atoms with Crippen molar-refractivity contribution in [3.63, 3.8) is 0 Å². The summed E-state index contributed by atoms with van der Waals surface area (Å²) in [6.45, 7) is 3.17. The summed E-state index contributed by atoms with van der Waals surface area (Å²) < 4.78 is 33.2. The van der Waals surface area contributed by atoms with Gasteiger partial charge in [-0.1, -0.05) is 18.2 Å². The van der Waals surface area contributed by atoms with E-state index in [2.05, 4.69) is 21.2 Å². The van der Waals surface area contributed by atoms with E-state index in [-0.39, 0.29) is 10.8 Å². The van der Waals surface area contributed by atoms with Crippen molar-refractivity contribution in [1.82, 2.24) is 4.31 Å². The minimum absolute atomic E-state index is 0.198. The van der Waals surface area contributed by atoms with Crippen LogP contribution >= 0.6 is 15.9 Å². The van der Waals surface area contributed by atoms with Gasteiger partial charge in [0.15, 0.2) is 0 Å². The molecule has 0 radical (unpaired) electrons. The Labute approximate surface area is 161 Å². The van der Waals surface area contributed by atoms with Crippen LogP contribution in [0.4, 0.5) is 5.69 Å². The molecule has 0 saturated carbocycles. The first-order chi connectivity index (χ1) is 12.4. The SMILES string of the molecule is Cc1ccc(NC(=O)c2ccccc2Br)cc1S(=O)(=O)N1CCOCC1. The lowest BCUT2D eigenvalue weighted by Gasteiger charge is -2.26. The molecule has 26 heavy (non-hydrogen) atoms. The number of nitrogens with zero attached hydrogens (tertiary/aromatic N) is 1. The number of aryl methyl sites for hydroxylation is 1. The number of nitrogens with one attached hydrogen (secondary N) is 1. The Kier molecular flexibility index (Phi) is 5.76. The smallest absolute Gasteiger partial charge is 0.256 e. The number of rotatable bonds is 4. The van der Waals surface area contributed by atoms with Crippen LogP contribution in [0.3, 0.4) is 0 Å². The van der Waals surface area contributed by atoms with Crippen molar-refractivity contribution in [2.24, 2.45) is 0 Å². The second kappa shape index (κ2) is 7.87. The van der Waals surface area contributed by atoms with Crippen molar-refractivity contribution in [2.45, 2.75) is 11.8 Å². The number of anilines is 1. The molecular weight excluding hydrogens is 420 g/mol. The molecule has 138 valence electrons. The van der Waals surface area contributed by atoms with Gasteiger partial charge in [-0.05, 0) is 52.7 Å². The topological polar surface area (TPSA) is 75.7 Å². The Morgan fingerprint density at radius 2 is 1.85 bits per heavy atom. The van der Waals surface area contributed by atoms with Crippen LogP contribution < -0.4 is 5.32 Å². The number of sulfonamides is 1. The summed E-state index contributed by atoms with van der Waals surface area (Å²) in [7, 11) is -3.63. The van der Waals surface area contributed by atoms with E-state index < -0.39 is 10.0 Å². The quantitative estimate of drug-likeness (QED) is 0.795. The van der Waals surface area contributed by atoms with Crippen molar-refractivity contribution in [2.75, 3.05) is 31.6 Å². The van der Waals surface area contributed by atoms with Crippen LogP contribution in [0.25, 0.3) is 0 Å². The predicted octanol–water partition coefficient (Wildman–Crippen LogP) is 3.03. The molecule has 1 aliphatic heterocycles. The zero-order chi connectivity index (χ0) is 18.7. The molecule has 2 aromatic carbocycles. The van der Waals surface area contributed by atoms with Crippen molar-refractivity contribution < 1.29 is 17.9 Å². The molecule has 0 bridgehead atoms. The first kappa shape index (κ1) is 19.0. The van der Waals surface area contributed by atoms with Crippen molar-refractivity contribution >= 4 is 37.5 Å². The van der Waals surface area contributed by atoms with Crippen LogP contribution in [0.5, 0.6) is 0 Å². The minimum Gasteiger partial charge on any atom is -0.379 e. The first-order valence-electron chi connectivity index (χ1n) is 8.14. The molecular formula is C18H19BrN2O4S. The molecule has 0 aliphatic carbocycles. The van der Waals surface area contributed by atoms with E-state index in [1.54, 1.807) is 37.3 Å². The lowest BCUT2D eigenvalue weighted by atomic mass is 10.2. The number of hydrogen-bond acceptors (Lipinski definition) is 4. The Balaban J connectivity index is 1.88. The Morgan fingerprint density at radius 3 is 2.54 bits per heavy atom. The fourth-order valence-corrected chi connectivity index (χ4v) is 4.85. The van der Waals surface area contributed by atoms with Crippen LogP contribution in [-0.4, -0.2) is 44.9 Å². The minimum atomic E-state index is -3.63. The number of amides is 1. The summed E-state index contributed by atoms with van der Waals surface area (Å²) in [4.78, 5) is 12.7. The van der Waals surface area contributed by atoms with Gasteiger partial charge in [0.1, 0.15) is 0 Å². The second-order valence-electron chi connectivity index (χ2n) is 5.93. The van der Waals surface area contributed by atoms with E-state index in [1.165, 1.54) is 10.4 Å². The molecule has 1 amide bonds. The Bertz CT molecular complexity index is 925. The third-order valence-corrected chi connectivity index (χ3v) is 6.88. The summed E-state index contributed by atoms with van der Waals surface area (Å²) in [5, 5.41) is 2.77. The van der Waals surface area contributed by atoms with Gasteiger partial charge in [-0.15, -0.1) is 0 Å². The molecule has 0 aromatic heterocycles. The van der Waals surface area contributed by atoms with Crippen LogP contribution in [0.15, 0.2) is 51.8 Å². The number of carbonyl (C=O) groups excluding carboxylic acids is 1. The third kappa shape index (κ3) is 3.98. The van der Waals surface area contributed by atoms with Crippen LogP contribution in [0.2, 0.25) is 0 Å². The van der Waals surface area contributed by atoms with Crippen molar-refractivity contribution in [1.29, 1.82) is 0 Å². The largest absolute Gasteiger partial charge is 0.379 e. The number of benzene rings is 2. The summed E-state index contributed by atoms with van der Waals surface area (Å²) in [6, 6.07) is 12.0. The van der Waals surface area contributed by atoms with E-state index in [0.717, 1.165) is 0 Å². The molecule has 8 heteroatoms. The van der Waals surface area contributed by atoms with Crippen LogP contribution in [-0.2, 0) is 14.8 Å². The van der Waals surface area contributed by atoms with Gasteiger partial charge in [-0.2, -0.15) is 4.31 Å². The molecule has 1 fully saturated rings. The molecule has 1 N–H and O–H groups in total. The van der Waals surface area contributed by atoms with Gasteiger partial charge in [0.2, 0.25) is 10.0 Å². The van der Waals surface area contributed by atoms with Gasteiger partial charge < -0.3 is 10.1 Å². The molecule has 2 aromatic rings. The zero-order valence-electron chi connectivity index (χ0n) is 14.2. The van der Waals surface area contributed by atoms with E-state index in [1.807, 2.05) is 6.07 Å².